The maximum absolute atomic E-state index is 12.2. The number of carbonyl (C=O) groups is 1. The Labute approximate surface area is 306 Å². The van der Waals surface area contributed by atoms with Crippen molar-refractivity contribution in [2.45, 2.75) is 49.4 Å². The molecule has 1 aliphatic heterocycles. The molecule has 0 saturated heterocycles. The van der Waals surface area contributed by atoms with Gasteiger partial charge < -0.3 is 9.30 Å². The normalized spacial score (nSPS) is 16.5. The van der Waals surface area contributed by atoms with Gasteiger partial charge in [0.15, 0.2) is 0 Å². The highest BCUT2D eigenvalue weighted by Gasteiger charge is 2.32. The van der Waals surface area contributed by atoms with E-state index in [0.717, 1.165) is 79.3 Å². The molecule has 0 fully saturated rings. The van der Waals surface area contributed by atoms with Crippen LogP contribution in [0.5, 0.6) is 0 Å². The lowest BCUT2D eigenvalue weighted by Gasteiger charge is -2.21. The Bertz CT molecular complexity index is 2700. The standard InChI is InChI=1S/C39H36N2O8S3/c1-3-40-31(27-10-6-12-29-35(51(43,44)45)20-18-33(40)37(27)29)16-14-25-8-5-9-26(39(25)50-23-22-49-24-42)15-17-32-28-11-7-13-30-36(52(46,47)48)21-19-34(38(28)30)41(32)4-2/h6-7,10-21,24H,3-5,8-9,22-23H2,1-2H3,(H-,43,44,45,46,47,48)/p+1. The van der Waals surface area contributed by atoms with E-state index in [-0.39, 0.29) is 16.4 Å². The van der Waals surface area contributed by atoms with Gasteiger partial charge in [0.1, 0.15) is 22.9 Å². The van der Waals surface area contributed by atoms with Crippen molar-refractivity contribution in [3.05, 3.63) is 106 Å². The number of hydrogen-bond donors (Lipinski definition) is 2. The molecule has 0 atom stereocenters. The third-order valence-corrected chi connectivity index (χ3v) is 12.7. The molecule has 0 unspecified atom stereocenters. The van der Waals surface area contributed by atoms with Crippen LogP contribution < -0.4 is 5.35 Å². The summed E-state index contributed by atoms with van der Waals surface area (Å²) in [7, 11) is -8.84. The molecule has 1 aromatic heterocycles. The predicted octanol–water partition coefficient (Wildman–Crippen LogP) is 6.95. The lowest BCUT2D eigenvalue weighted by Crippen LogP contribution is -2.15. The van der Waals surface area contributed by atoms with Crippen molar-refractivity contribution in [3.63, 3.8) is 0 Å². The molecule has 2 heterocycles. The summed E-state index contributed by atoms with van der Waals surface area (Å²) < 4.78 is 78.0. The van der Waals surface area contributed by atoms with Gasteiger partial charge in [-0.05, 0) is 74.6 Å². The summed E-state index contributed by atoms with van der Waals surface area (Å²) in [5.41, 5.74) is 5.81. The average molecular weight is 758 g/mol. The first-order chi connectivity index (χ1) is 25.0. The minimum absolute atomic E-state index is 0.119. The number of rotatable bonds is 12. The second-order valence-electron chi connectivity index (χ2n) is 12.5. The lowest BCUT2D eigenvalue weighted by molar-refractivity contribution is -0.430. The van der Waals surface area contributed by atoms with E-state index < -0.39 is 20.2 Å². The average Bonchev–Trinajstić information content (AvgIpc) is 3.60. The highest BCUT2D eigenvalue weighted by molar-refractivity contribution is 8.03. The molecule has 5 aromatic rings. The second-order valence-corrected chi connectivity index (χ2v) is 16.4. The maximum atomic E-state index is 12.2. The summed E-state index contributed by atoms with van der Waals surface area (Å²) in [6.45, 7) is 6.07. The Kier molecular flexibility index (Phi) is 9.74. The van der Waals surface area contributed by atoms with Gasteiger partial charge in [-0.1, -0.05) is 42.5 Å². The summed E-state index contributed by atoms with van der Waals surface area (Å²) in [6.07, 6.45) is 11.0. The molecule has 268 valence electrons. The van der Waals surface area contributed by atoms with Gasteiger partial charge in [0.25, 0.3) is 26.7 Å². The first-order valence-electron chi connectivity index (χ1n) is 17.0. The Morgan fingerprint density at radius 1 is 0.846 bits per heavy atom. The van der Waals surface area contributed by atoms with Crippen LogP contribution >= 0.6 is 11.8 Å². The van der Waals surface area contributed by atoms with E-state index in [1.54, 1.807) is 48.2 Å². The zero-order chi connectivity index (χ0) is 36.8. The van der Waals surface area contributed by atoms with E-state index in [2.05, 4.69) is 33.4 Å². The highest BCUT2D eigenvalue weighted by atomic mass is 32.2. The van der Waals surface area contributed by atoms with Crippen molar-refractivity contribution in [1.82, 2.24) is 4.57 Å². The molecule has 7 rings (SSSR count). The summed E-state index contributed by atoms with van der Waals surface area (Å²) >= 11 is 1.63. The zero-order valence-corrected chi connectivity index (χ0v) is 31.0. The topological polar surface area (TPSA) is 143 Å². The fraction of sp³-hybridized carbons (Fsp3) is 0.231. The molecule has 0 saturated carbocycles. The van der Waals surface area contributed by atoms with Crippen molar-refractivity contribution in [2.75, 3.05) is 18.9 Å². The zero-order valence-electron chi connectivity index (χ0n) is 28.6. The monoisotopic (exact) mass is 757 g/mol. The van der Waals surface area contributed by atoms with E-state index in [1.165, 1.54) is 12.1 Å². The highest BCUT2D eigenvalue weighted by Crippen LogP contribution is 2.41. The summed E-state index contributed by atoms with van der Waals surface area (Å²) in [4.78, 5) is 11.8. The molecule has 1 aliphatic carbocycles. The van der Waals surface area contributed by atoms with Crippen molar-refractivity contribution in [3.8, 4) is 0 Å². The van der Waals surface area contributed by atoms with Crippen LogP contribution in [0.4, 0.5) is 5.69 Å². The number of aryl methyl sites for hydroxylation is 1. The van der Waals surface area contributed by atoms with Gasteiger partial charge in [0.05, 0.1) is 10.9 Å². The van der Waals surface area contributed by atoms with E-state index in [4.69, 9.17) is 4.74 Å². The van der Waals surface area contributed by atoms with Gasteiger partial charge in [0.2, 0.25) is 11.4 Å². The largest absolute Gasteiger partial charge is 0.467 e. The third-order valence-electron chi connectivity index (χ3n) is 9.74. The van der Waals surface area contributed by atoms with Crippen LogP contribution in [-0.4, -0.2) is 66.2 Å². The molecule has 0 spiro atoms. The maximum Gasteiger partial charge on any atom is 0.295 e. The van der Waals surface area contributed by atoms with E-state index in [9.17, 15) is 30.7 Å². The predicted molar refractivity (Wildman–Crippen MR) is 206 cm³/mol. The molecule has 0 radical (unpaired) electrons. The number of nitrogens with zero attached hydrogens (tertiary/aromatic N) is 2. The van der Waals surface area contributed by atoms with Gasteiger partial charge >= 0.3 is 0 Å². The number of carbonyl (C=O) groups excluding carboxylic acids is 1. The quantitative estimate of drug-likeness (QED) is 0.0598. The van der Waals surface area contributed by atoms with Crippen molar-refractivity contribution in [2.24, 2.45) is 0 Å². The van der Waals surface area contributed by atoms with Gasteiger partial charge in [-0.25, -0.2) is 0 Å². The first-order valence-corrected chi connectivity index (χ1v) is 20.8. The summed E-state index contributed by atoms with van der Waals surface area (Å²) in [5, 5.41) is 4.31. The van der Waals surface area contributed by atoms with E-state index in [1.807, 2.05) is 26.0 Å². The molecule has 10 nitrogen and oxygen atoms in total. The molecule has 0 bridgehead atoms. The Hall–Kier alpha value is -4.53. The minimum atomic E-state index is -4.42. The molecule has 13 heteroatoms. The minimum Gasteiger partial charge on any atom is -0.467 e. The molecular weight excluding hydrogens is 721 g/mol. The lowest BCUT2D eigenvalue weighted by atomic mass is 9.93. The molecule has 2 aliphatic rings. The number of aromatic nitrogens is 1. The van der Waals surface area contributed by atoms with Gasteiger partial charge in [0, 0.05) is 61.8 Å². The van der Waals surface area contributed by atoms with E-state index >= 15 is 0 Å². The van der Waals surface area contributed by atoms with Crippen LogP contribution in [0.3, 0.4) is 0 Å². The smallest absolute Gasteiger partial charge is 0.295 e. The molecule has 2 N–H and O–H groups in total. The van der Waals surface area contributed by atoms with Crippen LogP contribution in [0.2, 0.25) is 0 Å². The van der Waals surface area contributed by atoms with Crippen LogP contribution in [-0.2, 0) is 36.3 Å². The number of benzene rings is 4. The molecule has 52 heavy (non-hydrogen) atoms. The van der Waals surface area contributed by atoms with Gasteiger partial charge in [-0.15, -0.1) is 11.8 Å². The Morgan fingerprint density at radius 2 is 1.54 bits per heavy atom. The third kappa shape index (κ3) is 6.30. The van der Waals surface area contributed by atoms with Gasteiger partial charge in [-0.2, -0.15) is 21.4 Å². The fourth-order valence-electron chi connectivity index (χ4n) is 7.65. The number of hydrogen-bond acceptors (Lipinski definition) is 7. The van der Waals surface area contributed by atoms with Gasteiger partial charge in [-0.3, -0.25) is 13.9 Å². The number of allylic oxidation sites excluding steroid dienone is 5. The van der Waals surface area contributed by atoms with Crippen LogP contribution in [0, 0.1) is 0 Å². The number of thioether (sulfide) groups is 1. The Balaban J connectivity index is 1.35. The first kappa shape index (κ1) is 35.9. The SMILES string of the molecule is CCn1c(=CC=C2CCCC(C=CC3=[N+](CC)c4ccc(S(=O)(=O)O)c5cccc3c45)=C2SCCOC=O)c2cccc3c(S(=O)(=O)O)ccc1c32. The molecule has 4 aromatic carbocycles. The second kappa shape index (κ2) is 14.1. The summed E-state index contributed by atoms with van der Waals surface area (Å²) in [6, 6.07) is 17.4. The summed E-state index contributed by atoms with van der Waals surface area (Å²) in [5.74, 6) is 0.560. The van der Waals surface area contributed by atoms with Crippen molar-refractivity contribution < 1.29 is 40.0 Å². The van der Waals surface area contributed by atoms with Crippen LogP contribution in [0.15, 0.2) is 105 Å². The molecular formula is C39H37N2O8S3+. The van der Waals surface area contributed by atoms with Crippen LogP contribution in [0.25, 0.3) is 38.5 Å². The van der Waals surface area contributed by atoms with Crippen molar-refractivity contribution in [1.29, 1.82) is 0 Å². The molecule has 0 amide bonds. The van der Waals surface area contributed by atoms with E-state index in [0.29, 0.717) is 36.1 Å². The number of ether oxygens (including phenoxy) is 1. The van der Waals surface area contributed by atoms with Crippen molar-refractivity contribution >= 4 is 88.4 Å². The van der Waals surface area contributed by atoms with Crippen LogP contribution in [0.1, 0.15) is 38.7 Å². The Morgan fingerprint density at radius 3 is 2.23 bits per heavy atom. The fourth-order valence-corrected chi connectivity index (χ4v) is 10.1.